The Morgan fingerprint density at radius 3 is 2.43 bits per heavy atom. The second-order valence-electron chi connectivity index (χ2n) is 6.67. The van der Waals surface area contributed by atoms with Crippen molar-refractivity contribution in [1.29, 1.82) is 0 Å². The second-order valence-corrected chi connectivity index (χ2v) is 6.67. The van der Waals surface area contributed by atoms with Crippen LogP contribution in [0.2, 0.25) is 0 Å². The SMILES string of the molecule is Cc1cccc(C)c1OCCO/C(=C\n1ccnc1)C(C)(C)C. The van der Waals surface area contributed by atoms with E-state index >= 15 is 0 Å². The zero-order valence-electron chi connectivity index (χ0n) is 14.7. The normalized spacial score (nSPS) is 12.3. The van der Waals surface area contributed by atoms with Crippen molar-refractivity contribution in [3.05, 3.63) is 53.8 Å². The van der Waals surface area contributed by atoms with Crippen LogP contribution in [0.25, 0.3) is 6.20 Å². The lowest BCUT2D eigenvalue weighted by Crippen LogP contribution is -2.17. The summed E-state index contributed by atoms with van der Waals surface area (Å²) in [5, 5.41) is 0. The monoisotopic (exact) mass is 314 g/mol. The molecule has 4 nitrogen and oxygen atoms in total. The Balaban J connectivity index is 1.95. The summed E-state index contributed by atoms with van der Waals surface area (Å²) in [4.78, 5) is 4.05. The molecule has 0 aliphatic carbocycles. The van der Waals surface area contributed by atoms with Crippen molar-refractivity contribution in [3.8, 4) is 5.75 Å². The largest absolute Gasteiger partial charge is 0.492 e. The van der Waals surface area contributed by atoms with Crippen LogP contribution in [0.5, 0.6) is 5.75 Å². The van der Waals surface area contributed by atoms with Gasteiger partial charge in [0.15, 0.2) is 0 Å². The molecule has 0 fully saturated rings. The molecule has 0 aliphatic rings. The molecule has 1 aromatic heterocycles. The first-order valence-electron chi connectivity index (χ1n) is 7.89. The summed E-state index contributed by atoms with van der Waals surface area (Å²) in [6, 6.07) is 6.16. The molecule has 2 rings (SSSR count). The fourth-order valence-electron chi connectivity index (χ4n) is 2.25. The number of para-hydroxylation sites is 1. The molecule has 0 radical (unpaired) electrons. The van der Waals surface area contributed by atoms with E-state index in [0.29, 0.717) is 13.2 Å². The molecule has 0 spiro atoms. The highest BCUT2D eigenvalue weighted by Crippen LogP contribution is 2.27. The first-order valence-corrected chi connectivity index (χ1v) is 7.89. The van der Waals surface area contributed by atoms with Crippen molar-refractivity contribution >= 4 is 6.20 Å². The van der Waals surface area contributed by atoms with E-state index in [1.54, 1.807) is 12.5 Å². The predicted molar refractivity (Wildman–Crippen MR) is 93.3 cm³/mol. The highest BCUT2D eigenvalue weighted by Gasteiger charge is 2.19. The first-order chi connectivity index (χ1) is 10.9. The number of nitrogens with zero attached hydrogens (tertiary/aromatic N) is 2. The second kappa shape index (κ2) is 7.36. The number of allylic oxidation sites excluding steroid dienone is 1. The molecular weight excluding hydrogens is 288 g/mol. The van der Waals surface area contributed by atoms with Gasteiger partial charge in [-0.3, -0.25) is 0 Å². The number of aryl methyl sites for hydroxylation is 2. The predicted octanol–water partition coefficient (Wildman–Crippen LogP) is 4.44. The van der Waals surface area contributed by atoms with E-state index < -0.39 is 0 Å². The van der Waals surface area contributed by atoms with Crippen molar-refractivity contribution in [3.63, 3.8) is 0 Å². The minimum atomic E-state index is -0.0805. The Morgan fingerprint density at radius 1 is 1.17 bits per heavy atom. The number of aromatic nitrogens is 2. The highest BCUT2D eigenvalue weighted by molar-refractivity contribution is 5.39. The van der Waals surface area contributed by atoms with Gasteiger partial charge in [0.25, 0.3) is 0 Å². The summed E-state index contributed by atoms with van der Waals surface area (Å²) in [7, 11) is 0. The molecule has 1 heterocycles. The van der Waals surface area contributed by atoms with Gasteiger partial charge in [0.05, 0.1) is 6.33 Å². The van der Waals surface area contributed by atoms with E-state index in [1.165, 1.54) is 0 Å². The van der Waals surface area contributed by atoms with Gasteiger partial charge in [-0.15, -0.1) is 0 Å². The van der Waals surface area contributed by atoms with E-state index in [4.69, 9.17) is 9.47 Å². The summed E-state index contributed by atoms with van der Waals surface area (Å²) in [5.74, 6) is 1.85. The Labute approximate surface area is 138 Å². The fraction of sp³-hybridized carbons (Fsp3) is 0.421. The van der Waals surface area contributed by atoms with E-state index in [9.17, 15) is 0 Å². The summed E-state index contributed by atoms with van der Waals surface area (Å²) < 4.78 is 13.8. The zero-order valence-corrected chi connectivity index (χ0v) is 14.7. The maximum atomic E-state index is 5.97. The van der Waals surface area contributed by atoms with Crippen LogP contribution >= 0.6 is 0 Å². The summed E-state index contributed by atoms with van der Waals surface area (Å²) in [5.41, 5.74) is 2.22. The van der Waals surface area contributed by atoms with Crippen molar-refractivity contribution < 1.29 is 9.47 Å². The van der Waals surface area contributed by atoms with Crippen molar-refractivity contribution in [2.24, 2.45) is 5.41 Å². The maximum absolute atomic E-state index is 5.97. The number of benzene rings is 1. The molecular formula is C19H26N2O2. The van der Waals surface area contributed by atoms with Crippen LogP contribution in [0.3, 0.4) is 0 Å². The van der Waals surface area contributed by atoms with E-state index in [0.717, 1.165) is 22.6 Å². The standard InChI is InChI=1S/C19H26N2O2/c1-15-7-6-8-16(2)18(15)23-12-11-22-17(19(3,4)5)13-21-10-9-20-14-21/h6-10,13-14H,11-12H2,1-5H3/b17-13-. The lowest BCUT2D eigenvalue weighted by Gasteiger charge is -2.23. The Kier molecular flexibility index (Phi) is 5.48. The van der Waals surface area contributed by atoms with Crippen molar-refractivity contribution in [1.82, 2.24) is 9.55 Å². The topological polar surface area (TPSA) is 36.3 Å². The smallest absolute Gasteiger partial charge is 0.125 e. The van der Waals surface area contributed by atoms with Crippen LogP contribution in [0, 0.1) is 19.3 Å². The molecule has 23 heavy (non-hydrogen) atoms. The molecule has 2 aromatic rings. The summed E-state index contributed by atoms with van der Waals surface area (Å²) in [6.07, 6.45) is 7.36. The van der Waals surface area contributed by atoms with E-state index in [1.807, 2.05) is 23.0 Å². The summed E-state index contributed by atoms with van der Waals surface area (Å²) in [6.45, 7) is 11.5. The lowest BCUT2D eigenvalue weighted by molar-refractivity contribution is 0.119. The van der Waals surface area contributed by atoms with Gasteiger partial charge in [0.2, 0.25) is 0 Å². The molecule has 0 bridgehead atoms. The van der Waals surface area contributed by atoms with Crippen LogP contribution in [-0.2, 0) is 4.74 Å². The van der Waals surface area contributed by atoms with Gasteiger partial charge in [0, 0.05) is 24.0 Å². The molecule has 0 aliphatic heterocycles. The summed E-state index contributed by atoms with van der Waals surface area (Å²) >= 11 is 0. The lowest BCUT2D eigenvalue weighted by atomic mass is 9.94. The minimum Gasteiger partial charge on any atom is -0.492 e. The third kappa shape index (κ3) is 4.88. The number of rotatable bonds is 6. The molecule has 1 aromatic carbocycles. The molecule has 0 saturated heterocycles. The molecule has 4 heteroatoms. The molecule has 0 unspecified atom stereocenters. The highest BCUT2D eigenvalue weighted by atomic mass is 16.5. The van der Waals surface area contributed by atoms with Gasteiger partial charge >= 0.3 is 0 Å². The van der Waals surface area contributed by atoms with Gasteiger partial charge in [-0.05, 0) is 25.0 Å². The van der Waals surface area contributed by atoms with Gasteiger partial charge in [0.1, 0.15) is 24.7 Å². The zero-order chi connectivity index (χ0) is 16.9. The van der Waals surface area contributed by atoms with Crippen molar-refractivity contribution in [2.45, 2.75) is 34.6 Å². The maximum Gasteiger partial charge on any atom is 0.125 e. The third-order valence-corrected chi connectivity index (χ3v) is 3.53. The molecule has 124 valence electrons. The Morgan fingerprint density at radius 2 is 1.87 bits per heavy atom. The van der Waals surface area contributed by atoms with E-state index in [2.05, 4.69) is 51.7 Å². The molecule has 0 atom stereocenters. The number of imidazole rings is 1. The van der Waals surface area contributed by atoms with Crippen LogP contribution in [0.1, 0.15) is 31.9 Å². The molecule has 0 amide bonds. The Bertz CT molecular complexity index is 632. The van der Waals surface area contributed by atoms with Gasteiger partial charge in [-0.25, -0.2) is 4.98 Å². The van der Waals surface area contributed by atoms with Crippen LogP contribution in [0.15, 0.2) is 42.7 Å². The molecule has 0 saturated carbocycles. The van der Waals surface area contributed by atoms with Crippen molar-refractivity contribution in [2.75, 3.05) is 13.2 Å². The number of ether oxygens (including phenoxy) is 2. The average molecular weight is 314 g/mol. The van der Waals surface area contributed by atoms with Gasteiger partial charge < -0.3 is 14.0 Å². The Hall–Kier alpha value is -2.23. The van der Waals surface area contributed by atoms with Crippen LogP contribution in [0.4, 0.5) is 0 Å². The van der Waals surface area contributed by atoms with E-state index in [-0.39, 0.29) is 5.41 Å². The van der Waals surface area contributed by atoms with Crippen LogP contribution < -0.4 is 4.74 Å². The quantitative estimate of drug-likeness (QED) is 0.584. The minimum absolute atomic E-state index is 0.0805. The van der Waals surface area contributed by atoms with Crippen LogP contribution in [-0.4, -0.2) is 22.8 Å². The number of hydrogen-bond donors (Lipinski definition) is 0. The molecule has 0 N–H and O–H groups in total. The number of hydrogen-bond acceptors (Lipinski definition) is 3. The third-order valence-electron chi connectivity index (χ3n) is 3.53. The van der Waals surface area contributed by atoms with Gasteiger partial charge in [-0.2, -0.15) is 0 Å². The average Bonchev–Trinajstić information content (AvgIpc) is 2.96. The van der Waals surface area contributed by atoms with Gasteiger partial charge in [-0.1, -0.05) is 39.0 Å². The fourth-order valence-corrected chi connectivity index (χ4v) is 2.25. The first kappa shape index (κ1) is 17.1.